The Morgan fingerprint density at radius 2 is 1.97 bits per heavy atom. The van der Waals surface area contributed by atoms with Gasteiger partial charge in [0.25, 0.3) is 11.1 Å². The van der Waals surface area contributed by atoms with Crippen molar-refractivity contribution in [1.29, 1.82) is 0 Å². The smallest absolute Gasteiger partial charge is 0.277 e. The van der Waals surface area contributed by atoms with E-state index in [0.29, 0.717) is 34.7 Å². The van der Waals surface area contributed by atoms with Gasteiger partial charge in [-0.25, -0.2) is 0 Å². The molecule has 0 atom stereocenters. The fourth-order valence-electron chi connectivity index (χ4n) is 2.64. The van der Waals surface area contributed by atoms with Crippen LogP contribution in [0.5, 0.6) is 11.5 Å². The van der Waals surface area contributed by atoms with Crippen molar-refractivity contribution in [3.8, 4) is 23.0 Å². The molecule has 7 nitrogen and oxygen atoms in total. The van der Waals surface area contributed by atoms with Crippen LogP contribution in [0.4, 0.5) is 5.69 Å². The zero-order chi connectivity index (χ0) is 20.6. The first kappa shape index (κ1) is 20.5. The van der Waals surface area contributed by atoms with Gasteiger partial charge in [-0.15, -0.1) is 16.8 Å². The van der Waals surface area contributed by atoms with Crippen molar-refractivity contribution in [2.24, 2.45) is 0 Å². The highest BCUT2D eigenvalue weighted by Crippen LogP contribution is 2.33. The van der Waals surface area contributed by atoms with Crippen molar-refractivity contribution >= 4 is 23.4 Å². The quantitative estimate of drug-likeness (QED) is 0.388. The molecule has 3 rings (SSSR count). The van der Waals surface area contributed by atoms with Crippen LogP contribution < -0.4 is 14.4 Å². The summed E-state index contributed by atoms with van der Waals surface area (Å²) in [7, 11) is 3.14. The van der Waals surface area contributed by atoms with E-state index in [1.54, 1.807) is 43.4 Å². The minimum atomic E-state index is -0.0807. The summed E-state index contributed by atoms with van der Waals surface area (Å²) in [5.41, 5.74) is 1.46. The van der Waals surface area contributed by atoms with E-state index in [1.165, 1.54) is 11.8 Å². The van der Waals surface area contributed by atoms with Crippen molar-refractivity contribution < 1.29 is 18.7 Å². The van der Waals surface area contributed by atoms with Crippen LogP contribution in [-0.2, 0) is 4.79 Å². The van der Waals surface area contributed by atoms with E-state index >= 15 is 0 Å². The first-order valence-electron chi connectivity index (χ1n) is 8.81. The molecule has 1 amide bonds. The third-order valence-corrected chi connectivity index (χ3v) is 4.85. The fourth-order valence-corrected chi connectivity index (χ4v) is 3.28. The lowest BCUT2D eigenvalue weighted by atomic mass is 10.2. The lowest BCUT2D eigenvalue weighted by Gasteiger charge is -2.20. The number of anilines is 1. The maximum absolute atomic E-state index is 12.7. The predicted molar refractivity (Wildman–Crippen MR) is 113 cm³/mol. The molecule has 150 valence electrons. The Labute approximate surface area is 173 Å². The van der Waals surface area contributed by atoms with Gasteiger partial charge in [0, 0.05) is 18.3 Å². The van der Waals surface area contributed by atoms with Crippen LogP contribution in [0.2, 0.25) is 0 Å². The number of hydrogen-bond acceptors (Lipinski definition) is 7. The van der Waals surface area contributed by atoms with Gasteiger partial charge in [-0.1, -0.05) is 36.0 Å². The number of carbonyl (C=O) groups is 1. The Balaban J connectivity index is 1.70. The highest BCUT2D eigenvalue weighted by Gasteiger charge is 2.18. The van der Waals surface area contributed by atoms with Crippen molar-refractivity contribution in [1.82, 2.24) is 10.2 Å². The van der Waals surface area contributed by atoms with Crippen LogP contribution in [-0.4, -0.2) is 42.6 Å². The Morgan fingerprint density at radius 3 is 2.66 bits per heavy atom. The van der Waals surface area contributed by atoms with E-state index in [9.17, 15) is 4.79 Å². The molecule has 2 aromatic carbocycles. The van der Waals surface area contributed by atoms with Crippen LogP contribution >= 0.6 is 11.8 Å². The first-order valence-corrected chi connectivity index (χ1v) is 9.79. The number of carbonyl (C=O) groups excluding carboxylic acids is 1. The zero-order valence-corrected chi connectivity index (χ0v) is 17.0. The van der Waals surface area contributed by atoms with Crippen LogP contribution in [0, 0.1) is 0 Å². The lowest BCUT2D eigenvalue weighted by molar-refractivity contribution is -0.116. The third kappa shape index (κ3) is 4.97. The zero-order valence-electron chi connectivity index (χ0n) is 16.2. The molecule has 29 heavy (non-hydrogen) atoms. The standard InChI is InChI=1S/C21H21N3O4S/c1-4-12-24(15-8-6-5-7-9-15)19(25)14-29-21-23-22-20(28-21)17-11-10-16(26-2)13-18(17)27-3/h4-11,13H,1,12,14H2,2-3H3. The van der Waals surface area contributed by atoms with E-state index in [2.05, 4.69) is 16.8 Å². The number of methoxy groups -OCH3 is 2. The number of amides is 1. The molecule has 1 heterocycles. The molecule has 0 aliphatic heterocycles. The Kier molecular flexibility index (Phi) is 6.91. The number of hydrogen-bond donors (Lipinski definition) is 0. The van der Waals surface area contributed by atoms with Gasteiger partial charge < -0.3 is 18.8 Å². The molecular formula is C21H21N3O4S. The van der Waals surface area contributed by atoms with E-state index in [0.717, 1.165) is 5.69 Å². The number of benzene rings is 2. The second-order valence-electron chi connectivity index (χ2n) is 5.86. The van der Waals surface area contributed by atoms with Gasteiger partial charge in [0.1, 0.15) is 11.5 Å². The normalized spacial score (nSPS) is 10.4. The summed E-state index contributed by atoms with van der Waals surface area (Å²) in [6.45, 7) is 4.15. The molecule has 3 aromatic rings. The number of aromatic nitrogens is 2. The summed E-state index contributed by atoms with van der Waals surface area (Å²) in [6.07, 6.45) is 1.69. The Hall–Kier alpha value is -3.26. The Bertz CT molecular complexity index is 975. The minimum absolute atomic E-state index is 0.0807. The van der Waals surface area contributed by atoms with E-state index in [4.69, 9.17) is 13.9 Å². The fraction of sp³-hybridized carbons (Fsp3) is 0.190. The minimum Gasteiger partial charge on any atom is -0.497 e. The van der Waals surface area contributed by atoms with Gasteiger partial charge in [-0.2, -0.15) is 0 Å². The van der Waals surface area contributed by atoms with Crippen LogP contribution in [0.1, 0.15) is 0 Å². The number of thioether (sulfide) groups is 1. The summed E-state index contributed by atoms with van der Waals surface area (Å²) in [5, 5.41) is 8.40. The van der Waals surface area contributed by atoms with Crippen LogP contribution in [0.25, 0.3) is 11.5 Å². The second-order valence-corrected chi connectivity index (χ2v) is 6.78. The summed E-state index contributed by atoms with van der Waals surface area (Å²) < 4.78 is 16.3. The predicted octanol–water partition coefficient (Wildman–Crippen LogP) is 4.07. The highest BCUT2D eigenvalue weighted by molar-refractivity contribution is 7.99. The third-order valence-electron chi connectivity index (χ3n) is 4.05. The average Bonchev–Trinajstić information content (AvgIpc) is 3.24. The number of rotatable bonds is 9. The second kappa shape index (κ2) is 9.79. The molecule has 0 unspecified atom stereocenters. The van der Waals surface area contributed by atoms with Gasteiger partial charge >= 0.3 is 0 Å². The molecule has 0 N–H and O–H groups in total. The van der Waals surface area contributed by atoms with Gasteiger partial charge in [-0.05, 0) is 24.3 Å². The van der Waals surface area contributed by atoms with Crippen molar-refractivity contribution in [3.05, 3.63) is 61.2 Å². The number of ether oxygens (including phenoxy) is 2. The van der Waals surface area contributed by atoms with Gasteiger partial charge in [0.15, 0.2) is 0 Å². The van der Waals surface area contributed by atoms with Crippen molar-refractivity contribution in [2.45, 2.75) is 5.22 Å². The molecular weight excluding hydrogens is 390 g/mol. The molecule has 0 bridgehead atoms. The molecule has 0 aliphatic rings. The molecule has 0 fully saturated rings. The highest BCUT2D eigenvalue weighted by atomic mass is 32.2. The Morgan fingerprint density at radius 1 is 1.17 bits per heavy atom. The van der Waals surface area contributed by atoms with Crippen molar-refractivity contribution in [3.63, 3.8) is 0 Å². The van der Waals surface area contributed by atoms with Crippen molar-refractivity contribution in [2.75, 3.05) is 31.4 Å². The maximum atomic E-state index is 12.7. The topological polar surface area (TPSA) is 77.7 Å². The summed E-state index contributed by atoms with van der Waals surface area (Å²) in [5.74, 6) is 1.60. The van der Waals surface area contributed by atoms with Gasteiger partial charge in [0.05, 0.1) is 25.5 Å². The SMILES string of the molecule is C=CCN(C(=O)CSc1nnc(-c2ccc(OC)cc2OC)o1)c1ccccc1. The number of para-hydroxylation sites is 1. The maximum Gasteiger partial charge on any atom is 0.277 e. The monoisotopic (exact) mass is 411 g/mol. The largest absolute Gasteiger partial charge is 0.497 e. The molecule has 8 heteroatoms. The van der Waals surface area contributed by atoms with Gasteiger partial charge in [-0.3, -0.25) is 4.79 Å². The van der Waals surface area contributed by atoms with Crippen LogP contribution in [0.3, 0.4) is 0 Å². The van der Waals surface area contributed by atoms with E-state index in [1.807, 2.05) is 30.3 Å². The van der Waals surface area contributed by atoms with Crippen LogP contribution in [0.15, 0.2) is 70.8 Å². The van der Waals surface area contributed by atoms with Gasteiger partial charge in [0.2, 0.25) is 5.91 Å². The molecule has 1 aromatic heterocycles. The summed E-state index contributed by atoms with van der Waals surface area (Å²) in [4.78, 5) is 14.3. The van der Waals surface area contributed by atoms with E-state index < -0.39 is 0 Å². The molecule has 0 saturated heterocycles. The first-order chi connectivity index (χ1) is 14.2. The molecule has 0 saturated carbocycles. The molecule has 0 spiro atoms. The average molecular weight is 411 g/mol. The van der Waals surface area contributed by atoms with E-state index in [-0.39, 0.29) is 11.7 Å². The molecule has 0 radical (unpaired) electrons. The molecule has 0 aliphatic carbocycles. The lowest BCUT2D eigenvalue weighted by Crippen LogP contribution is -2.32. The summed E-state index contributed by atoms with van der Waals surface area (Å²) in [6, 6.07) is 14.7. The number of nitrogens with zero attached hydrogens (tertiary/aromatic N) is 3. The summed E-state index contributed by atoms with van der Waals surface area (Å²) >= 11 is 1.18.